The summed E-state index contributed by atoms with van der Waals surface area (Å²) >= 11 is 0. The van der Waals surface area contributed by atoms with Crippen molar-refractivity contribution in [3.8, 4) is 16.9 Å². The van der Waals surface area contributed by atoms with Gasteiger partial charge in [0.1, 0.15) is 5.75 Å². The molecule has 1 N–H and O–H groups in total. The van der Waals surface area contributed by atoms with Gasteiger partial charge in [-0.15, -0.1) is 0 Å². The van der Waals surface area contributed by atoms with Crippen LogP contribution in [0.2, 0.25) is 0 Å². The molecule has 0 saturated carbocycles. The molecule has 0 heterocycles. The maximum Gasteiger partial charge on any atom is 0.420 e. The van der Waals surface area contributed by atoms with E-state index in [1.54, 1.807) is 36.1 Å². The number of hydrogen-bond donors (Lipinski definition) is 1. The minimum atomic E-state index is -0.524. The number of ether oxygens (including phenoxy) is 2. The Bertz CT molecular complexity index is 1650. The van der Waals surface area contributed by atoms with Gasteiger partial charge in [0.2, 0.25) is 0 Å². The highest BCUT2D eigenvalue weighted by molar-refractivity contribution is 5.96. The highest BCUT2D eigenvalue weighted by Crippen LogP contribution is 2.37. The first-order chi connectivity index (χ1) is 21.1. The Balaban J connectivity index is 1.35. The molecule has 7 heteroatoms. The lowest BCUT2D eigenvalue weighted by Gasteiger charge is -2.23. The number of amides is 2. The van der Waals surface area contributed by atoms with E-state index in [1.807, 2.05) is 30.3 Å². The summed E-state index contributed by atoms with van der Waals surface area (Å²) in [7, 11) is 0. The number of esters is 1. The van der Waals surface area contributed by atoms with Crippen LogP contribution in [0.15, 0.2) is 91.0 Å². The second kappa shape index (κ2) is 13.2. The standard InChI is InChI=1S/C37H38N2O5/c1-5-43-34(40)20-21-38-35(41)26-11-15-30(16-12-26)39(36(42)44-31-17-13-29(14-18-31)37(2,3)4)24-25-10-19-33-28(22-25)23-27-8-6-7-9-32(27)33/h6-19,22H,5,20-21,23-24H2,1-4H3,(H,38,41). The molecule has 0 radical (unpaired) electrons. The molecule has 4 aromatic rings. The van der Waals surface area contributed by atoms with E-state index in [0.29, 0.717) is 23.6 Å². The lowest BCUT2D eigenvalue weighted by molar-refractivity contribution is -0.142. The Labute approximate surface area is 258 Å². The highest BCUT2D eigenvalue weighted by Gasteiger charge is 2.23. The van der Waals surface area contributed by atoms with Crippen LogP contribution in [-0.4, -0.2) is 31.1 Å². The van der Waals surface area contributed by atoms with Gasteiger partial charge in [0.05, 0.1) is 19.6 Å². The molecule has 0 atom stereocenters. The van der Waals surface area contributed by atoms with Crippen molar-refractivity contribution < 1.29 is 23.9 Å². The third-order valence-corrected chi connectivity index (χ3v) is 7.71. The first-order valence-electron chi connectivity index (χ1n) is 15.0. The van der Waals surface area contributed by atoms with Crippen LogP contribution in [0.25, 0.3) is 11.1 Å². The summed E-state index contributed by atoms with van der Waals surface area (Å²) in [6.07, 6.45) is 0.424. The van der Waals surface area contributed by atoms with Gasteiger partial charge < -0.3 is 14.8 Å². The predicted octanol–water partition coefficient (Wildman–Crippen LogP) is 7.44. The molecule has 0 unspecified atom stereocenters. The first kappa shape index (κ1) is 30.5. The average Bonchev–Trinajstić information content (AvgIpc) is 3.37. The van der Waals surface area contributed by atoms with Crippen LogP contribution < -0.4 is 15.0 Å². The zero-order valence-corrected chi connectivity index (χ0v) is 25.7. The second-order valence-electron chi connectivity index (χ2n) is 11.9. The number of nitrogens with one attached hydrogen (secondary N) is 1. The minimum absolute atomic E-state index is 0.0192. The molecule has 2 amide bonds. The van der Waals surface area contributed by atoms with E-state index in [1.165, 1.54) is 22.3 Å². The lowest BCUT2D eigenvalue weighted by Crippen LogP contribution is -2.33. The number of carbonyl (C=O) groups excluding carboxylic acids is 3. The lowest BCUT2D eigenvalue weighted by atomic mass is 9.87. The zero-order chi connectivity index (χ0) is 31.3. The summed E-state index contributed by atoms with van der Waals surface area (Å²) in [6.45, 7) is 8.90. The molecule has 0 aliphatic heterocycles. The summed E-state index contributed by atoms with van der Waals surface area (Å²) in [5.41, 5.74) is 8.09. The quantitative estimate of drug-likeness (QED) is 0.180. The molecule has 7 nitrogen and oxygen atoms in total. The van der Waals surface area contributed by atoms with Crippen LogP contribution >= 0.6 is 0 Å². The molecule has 0 aromatic heterocycles. The van der Waals surface area contributed by atoms with E-state index in [9.17, 15) is 14.4 Å². The van der Waals surface area contributed by atoms with E-state index in [-0.39, 0.29) is 36.8 Å². The Morgan fingerprint density at radius 3 is 2.25 bits per heavy atom. The molecule has 0 bridgehead atoms. The Morgan fingerprint density at radius 1 is 0.841 bits per heavy atom. The minimum Gasteiger partial charge on any atom is -0.466 e. The SMILES string of the molecule is CCOC(=O)CCNC(=O)c1ccc(N(Cc2ccc3c(c2)Cc2ccccc2-3)C(=O)Oc2ccc(C(C)(C)C)cc2)cc1. The second-order valence-corrected chi connectivity index (χ2v) is 11.9. The monoisotopic (exact) mass is 590 g/mol. The van der Waals surface area contributed by atoms with Crippen LogP contribution in [-0.2, 0) is 27.9 Å². The van der Waals surface area contributed by atoms with E-state index < -0.39 is 6.09 Å². The van der Waals surface area contributed by atoms with E-state index in [4.69, 9.17) is 9.47 Å². The number of anilines is 1. The molecule has 0 spiro atoms. The van der Waals surface area contributed by atoms with Gasteiger partial charge in [-0.2, -0.15) is 0 Å². The number of fused-ring (bicyclic) bond motifs is 3. The highest BCUT2D eigenvalue weighted by atomic mass is 16.6. The molecule has 5 rings (SSSR count). The largest absolute Gasteiger partial charge is 0.466 e. The third-order valence-electron chi connectivity index (χ3n) is 7.71. The summed E-state index contributed by atoms with van der Waals surface area (Å²) in [5.74, 6) is -0.220. The Hall–Kier alpha value is -4.91. The molecule has 226 valence electrons. The Kier molecular flexibility index (Phi) is 9.14. The van der Waals surface area contributed by atoms with E-state index >= 15 is 0 Å². The molecule has 1 aliphatic carbocycles. The van der Waals surface area contributed by atoms with Gasteiger partial charge in [0.15, 0.2) is 0 Å². The van der Waals surface area contributed by atoms with Crippen molar-refractivity contribution in [1.29, 1.82) is 0 Å². The van der Waals surface area contributed by atoms with E-state index in [0.717, 1.165) is 17.5 Å². The normalized spacial score (nSPS) is 11.7. The zero-order valence-electron chi connectivity index (χ0n) is 25.7. The van der Waals surface area contributed by atoms with Gasteiger partial charge in [-0.25, -0.2) is 4.79 Å². The van der Waals surface area contributed by atoms with Crippen LogP contribution in [0.5, 0.6) is 5.75 Å². The molecule has 0 fully saturated rings. The van der Waals surface area contributed by atoms with Crippen molar-refractivity contribution >= 4 is 23.7 Å². The number of carbonyl (C=O) groups is 3. The number of rotatable bonds is 9. The molecule has 0 saturated heterocycles. The van der Waals surface area contributed by atoms with Gasteiger partial charge in [0, 0.05) is 17.8 Å². The summed E-state index contributed by atoms with van der Waals surface area (Å²) in [6, 6.07) is 29.1. The third kappa shape index (κ3) is 7.17. The van der Waals surface area contributed by atoms with E-state index in [2.05, 4.69) is 62.5 Å². The molecular weight excluding hydrogens is 552 g/mol. The van der Waals surface area contributed by atoms with Gasteiger partial charge in [-0.3, -0.25) is 14.5 Å². The van der Waals surface area contributed by atoms with Crippen LogP contribution in [0, 0.1) is 0 Å². The molecular formula is C37H38N2O5. The van der Waals surface area contributed by atoms with Crippen molar-refractivity contribution in [3.63, 3.8) is 0 Å². The van der Waals surface area contributed by atoms with Gasteiger partial charge in [-0.05, 0) is 88.5 Å². The fourth-order valence-electron chi connectivity index (χ4n) is 5.33. The molecule has 44 heavy (non-hydrogen) atoms. The fraction of sp³-hybridized carbons (Fsp3) is 0.270. The van der Waals surface area contributed by atoms with Crippen LogP contribution in [0.4, 0.5) is 10.5 Å². The fourth-order valence-corrected chi connectivity index (χ4v) is 5.33. The van der Waals surface area contributed by atoms with Crippen molar-refractivity contribution in [1.82, 2.24) is 5.32 Å². The van der Waals surface area contributed by atoms with Crippen molar-refractivity contribution in [2.45, 2.75) is 52.5 Å². The van der Waals surface area contributed by atoms with Gasteiger partial charge in [-0.1, -0.05) is 75.4 Å². The smallest absolute Gasteiger partial charge is 0.420 e. The first-order valence-corrected chi connectivity index (χ1v) is 15.0. The number of nitrogens with zero attached hydrogens (tertiary/aromatic N) is 1. The van der Waals surface area contributed by atoms with Crippen molar-refractivity contribution in [2.24, 2.45) is 0 Å². The number of benzene rings is 4. The van der Waals surface area contributed by atoms with Crippen LogP contribution in [0.1, 0.15) is 66.7 Å². The van der Waals surface area contributed by atoms with Gasteiger partial charge >= 0.3 is 12.1 Å². The molecule has 4 aromatic carbocycles. The van der Waals surface area contributed by atoms with Crippen molar-refractivity contribution in [2.75, 3.05) is 18.1 Å². The maximum atomic E-state index is 13.7. The van der Waals surface area contributed by atoms with Crippen LogP contribution in [0.3, 0.4) is 0 Å². The summed E-state index contributed by atoms with van der Waals surface area (Å²) < 4.78 is 10.8. The topological polar surface area (TPSA) is 84.9 Å². The summed E-state index contributed by atoms with van der Waals surface area (Å²) in [5, 5.41) is 2.73. The predicted molar refractivity (Wildman–Crippen MR) is 172 cm³/mol. The number of hydrogen-bond acceptors (Lipinski definition) is 5. The summed E-state index contributed by atoms with van der Waals surface area (Å²) in [4.78, 5) is 39.5. The van der Waals surface area contributed by atoms with Crippen molar-refractivity contribution in [3.05, 3.63) is 119 Å². The Morgan fingerprint density at radius 2 is 1.55 bits per heavy atom. The maximum absolute atomic E-state index is 13.7. The average molecular weight is 591 g/mol. The van der Waals surface area contributed by atoms with Gasteiger partial charge in [0.25, 0.3) is 5.91 Å². The molecule has 1 aliphatic rings.